The first-order valence-corrected chi connectivity index (χ1v) is 17.4. The van der Waals surface area contributed by atoms with E-state index in [1.165, 1.54) is 23.5 Å². The topological polar surface area (TPSA) is 117 Å². The largest absolute Gasteiger partial charge is 0.461 e. The zero-order valence-corrected chi connectivity index (χ0v) is 26.3. The molecule has 0 unspecified atom stereocenters. The molecule has 8 nitrogen and oxygen atoms in total. The lowest BCUT2D eigenvalue weighted by atomic mass is 9.96. The molecule has 45 heavy (non-hydrogen) atoms. The van der Waals surface area contributed by atoms with Crippen molar-refractivity contribution in [3.8, 4) is 28.2 Å². The summed E-state index contributed by atoms with van der Waals surface area (Å²) in [5.74, 6) is 5.03. The van der Waals surface area contributed by atoms with Crippen LogP contribution >= 0.6 is 11.3 Å². The fraction of sp³-hybridized carbons (Fsp3) is 0.364. The highest BCUT2D eigenvalue weighted by molar-refractivity contribution is 7.89. The standard InChI is InChI=1S/C33H32F2N4O4S2/c1-2-43-32(40)28-19-44-33(37-28)39-29(17-21-7-8-21)25(15-22-10-14-30(27(35)16-22)45(36,41)42)31(38-39)24-12-13-26(34)23(18-24)11-9-20-5-3-4-6-20/h10,12-14,16,18-21H,2-8,15,17H2,1H3,(H2,36,41,42). The molecule has 2 aromatic heterocycles. The first-order chi connectivity index (χ1) is 21.6. The smallest absolute Gasteiger partial charge is 0.357 e. The number of ether oxygens (including phenoxy) is 1. The molecule has 6 rings (SSSR count). The van der Waals surface area contributed by atoms with Gasteiger partial charge in [0.25, 0.3) is 0 Å². The Morgan fingerprint density at radius 2 is 1.89 bits per heavy atom. The number of nitrogens with zero attached hydrogens (tertiary/aromatic N) is 3. The van der Waals surface area contributed by atoms with Crippen LogP contribution in [0, 0.1) is 35.3 Å². The number of hydrogen-bond acceptors (Lipinski definition) is 7. The number of primary sulfonamides is 1. The van der Waals surface area contributed by atoms with Gasteiger partial charge < -0.3 is 4.74 Å². The molecule has 0 bridgehead atoms. The van der Waals surface area contributed by atoms with Crippen molar-refractivity contribution in [3.05, 3.63) is 81.5 Å². The molecule has 2 fully saturated rings. The third-order valence-electron chi connectivity index (χ3n) is 8.12. The number of thiazole rings is 1. The Bertz CT molecular complexity index is 1930. The molecule has 0 atom stereocenters. The summed E-state index contributed by atoms with van der Waals surface area (Å²) in [5.41, 5.74) is 3.70. The number of benzene rings is 2. The molecule has 0 amide bonds. The lowest BCUT2D eigenvalue weighted by Gasteiger charge is -2.10. The van der Waals surface area contributed by atoms with Gasteiger partial charge in [-0.25, -0.2) is 36.8 Å². The van der Waals surface area contributed by atoms with Crippen molar-refractivity contribution >= 4 is 27.3 Å². The fourth-order valence-corrected chi connectivity index (χ4v) is 6.99. The molecule has 2 aliphatic carbocycles. The Hall–Kier alpha value is -3.92. The van der Waals surface area contributed by atoms with Gasteiger partial charge in [-0.3, -0.25) is 0 Å². The van der Waals surface area contributed by atoms with Crippen molar-refractivity contribution in [2.24, 2.45) is 17.0 Å². The van der Waals surface area contributed by atoms with Gasteiger partial charge in [-0.2, -0.15) is 5.10 Å². The van der Waals surface area contributed by atoms with Crippen molar-refractivity contribution in [1.29, 1.82) is 0 Å². The molecule has 12 heteroatoms. The average Bonchev–Trinajstić information content (AvgIpc) is 3.34. The van der Waals surface area contributed by atoms with Gasteiger partial charge in [-0.1, -0.05) is 30.7 Å². The van der Waals surface area contributed by atoms with Crippen LogP contribution in [0.1, 0.15) is 78.3 Å². The maximum absolute atomic E-state index is 15.0. The third-order valence-corrected chi connectivity index (χ3v) is 9.88. The summed E-state index contributed by atoms with van der Waals surface area (Å²) in [4.78, 5) is 16.3. The predicted molar refractivity (Wildman–Crippen MR) is 166 cm³/mol. The number of aromatic nitrogens is 3. The van der Waals surface area contributed by atoms with Gasteiger partial charge in [0.1, 0.15) is 16.5 Å². The highest BCUT2D eigenvalue weighted by Gasteiger charge is 2.30. The van der Waals surface area contributed by atoms with Crippen LogP contribution in [0.15, 0.2) is 46.7 Å². The van der Waals surface area contributed by atoms with E-state index in [9.17, 15) is 22.0 Å². The maximum atomic E-state index is 15.0. The molecule has 0 saturated heterocycles. The van der Waals surface area contributed by atoms with E-state index < -0.39 is 32.5 Å². The van der Waals surface area contributed by atoms with Crippen LogP contribution in [0.4, 0.5) is 8.78 Å². The Kier molecular flexibility index (Phi) is 8.86. The lowest BCUT2D eigenvalue weighted by Crippen LogP contribution is -2.14. The zero-order valence-electron chi connectivity index (χ0n) is 24.7. The summed E-state index contributed by atoms with van der Waals surface area (Å²) in [7, 11) is -4.24. The summed E-state index contributed by atoms with van der Waals surface area (Å²) < 4.78 is 60.4. The summed E-state index contributed by atoms with van der Waals surface area (Å²) in [5, 5.41) is 12.2. The van der Waals surface area contributed by atoms with Crippen molar-refractivity contribution in [2.75, 3.05) is 6.61 Å². The predicted octanol–water partition coefficient (Wildman–Crippen LogP) is 6.18. The van der Waals surface area contributed by atoms with Crippen LogP contribution in [0.3, 0.4) is 0 Å². The molecule has 2 aromatic carbocycles. The number of hydrogen-bond donors (Lipinski definition) is 1. The van der Waals surface area contributed by atoms with Crippen molar-refractivity contribution in [1.82, 2.24) is 14.8 Å². The Morgan fingerprint density at radius 3 is 2.58 bits per heavy atom. The minimum absolute atomic E-state index is 0.166. The SMILES string of the molecule is CCOC(=O)c1csc(-n2nc(-c3ccc(F)c(C#CC4CCCC4)c3)c(Cc3ccc(S(N)(=O)=O)c(F)c3)c2CC2CC2)n1. The number of nitrogens with two attached hydrogens (primary N) is 1. The van der Waals surface area contributed by atoms with Gasteiger partial charge >= 0.3 is 5.97 Å². The summed E-state index contributed by atoms with van der Waals surface area (Å²) >= 11 is 1.24. The molecule has 0 radical (unpaired) electrons. The van der Waals surface area contributed by atoms with Gasteiger partial charge in [-0.05, 0) is 80.8 Å². The molecule has 2 N–H and O–H groups in total. The van der Waals surface area contributed by atoms with E-state index in [0.717, 1.165) is 61.9 Å². The van der Waals surface area contributed by atoms with Crippen molar-refractivity contribution < 1.29 is 26.7 Å². The van der Waals surface area contributed by atoms with E-state index in [4.69, 9.17) is 15.0 Å². The second kappa shape index (κ2) is 12.8. The van der Waals surface area contributed by atoms with Crippen LogP contribution in [0.2, 0.25) is 0 Å². The van der Waals surface area contributed by atoms with Gasteiger partial charge in [0.05, 0.1) is 23.6 Å². The number of carbonyl (C=O) groups excluding carboxylic acids is 1. The number of esters is 1. The molecule has 4 aromatic rings. The molecular formula is C33H32F2N4O4S2. The van der Waals surface area contributed by atoms with E-state index in [1.54, 1.807) is 29.1 Å². The van der Waals surface area contributed by atoms with Crippen molar-refractivity contribution in [3.63, 3.8) is 0 Å². The van der Waals surface area contributed by atoms with Crippen LogP contribution in [0.5, 0.6) is 0 Å². The molecule has 0 aliphatic heterocycles. The third kappa shape index (κ3) is 7.01. The highest BCUT2D eigenvalue weighted by Crippen LogP contribution is 2.38. The number of carbonyl (C=O) groups is 1. The van der Waals surface area contributed by atoms with Gasteiger partial charge in [0.15, 0.2) is 5.69 Å². The molecule has 2 saturated carbocycles. The van der Waals surface area contributed by atoms with Crippen LogP contribution in [-0.4, -0.2) is 35.8 Å². The first kappa shape index (κ1) is 31.1. The lowest BCUT2D eigenvalue weighted by molar-refractivity contribution is 0.0520. The van der Waals surface area contributed by atoms with E-state index in [0.29, 0.717) is 34.3 Å². The van der Waals surface area contributed by atoms with E-state index in [2.05, 4.69) is 16.8 Å². The van der Waals surface area contributed by atoms with E-state index >= 15 is 0 Å². The van der Waals surface area contributed by atoms with Gasteiger partial charge in [0.2, 0.25) is 15.2 Å². The van der Waals surface area contributed by atoms with Crippen molar-refractivity contribution in [2.45, 2.75) is 63.2 Å². The maximum Gasteiger partial charge on any atom is 0.357 e. The summed E-state index contributed by atoms with van der Waals surface area (Å²) in [6.45, 7) is 1.93. The molecule has 234 valence electrons. The zero-order chi connectivity index (χ0) is 31.7. The number of sulfonamides is 1. The van der Waals surface area contributed by atoms with Crippen LogP contribution < -0.4 is 5.14 Å². The average molecular weight is 651 g/mol. The quantitative estimate of drug-likeness (QED) is 0.171. The first-order valence-electron chi connectivity index (χ1n) is 15.0. The summed E-state index contributed by atoms with van der Waals surface area (Å²) in [6, 6.07) is 8.55. The Labute approximate surface area is 264 Å². The second-order valence-electron chi connectivity index (χ2n) is 11.5. The normalized spacial score (nSPS) is 15.2. The molecule has 2 aliphatic rings. The van der Waals surface area contributed by atoms with Gasteiger partial charge in [0, 0.05) is 28.8 Å². The van der Waals surface area contributed by atoms with Crippen LogP contribution in [-0.2, 0) is 27.6 Å². The minimum Gasteiger partial charge on any atom is -0.461 e. The van der Waals surface area contributed by atoms with Gasteiger partial charge in [-0.15, -0.1) is 11.3 Å². The number of rotatable bonds is 9. The second-order valence-corrected chi connectivity index (χ2v) is 13.9. The highest BCUT2D eigenvalue weighted by atomic mass is 32.2. The number of halogens is 2. The fourth-order valence-electron chi connectivity index (χ4n) is 5.63. The Balaban J connectivity index is 1.49. The summed E-state index contributed by atoms with van der Waals surface area (Å²) in [6.07, 6.45) is 7.22. The minimum atomic E-state index is -4.24. The van der Waals surface area contributed by atoms with E-state index in [1.807, 2.05) is 0 Å². The molecular weight excluding hydrogens is 619 g/mol. The van der Waals surface area contributed by atoms with E-state index in [-0.39, 0.29) is 30.2 Å². The van der Waals surface area contributed by atoms with Crippen LogP contribution in [0.25, 0.3) is 16.4 Å². The Morgan fingerprint density at radius 1 is 1.11 bits per heavy atom. The monoisotopic (exact) mass is 650 g/mol. The molecule has 0 spiro atoms. The molecule has 2 heterocycles.